The molecule has 0 aromatic heterocycles. The normalized spacial score (nSPS) is 23.3. The number of methoxy groups -OCH3 is 1. The van der Waals surface area contributed by atoms with E-state index in [1.54, 1.807) is 38.3 Å². The lowest BCUT2D eigenvalue weighted by molar-refractivity contribution is -0.129. The highest BCUT2D eigenvalue weighted by Crippen LogP contribution is 2.54. The number of Topliss-reactive ketones (excluding diaryl/α,β-unsaturated/α-hetero) is 1. The molecule has 0 amide bonds. The number of ketones is 1. The fourth-order valence-corrected chi connectivity index (χ4v) is 5.32. The van der Waals surface area contributed by atoms with Gasteiger partial charge in [-0.25, -0.2) is 4.79 Å². The van der Waals surface area contributed by atoms with E-state index in [9.17, 15) is 9.59 Å². The molecule has 4 rings (SSSR count). The summed E-state index contributed by atoms with van der Waals surface area (Å²) in [4.78, 5) is 24.7. The van der Waals surface area contributed by atoms with E-state index in [1.165, 1.54) is 11.1 Å². The smallest absolute Gasteiger partial charge is 0.343 e. The summed E-state index contributed by atoms with van der Waals surface area (Å²) >= 11 is 0. The Hall–Kier alpha value is -3.14. The summed E-state index contributed by atoms with van der Waals surface area (Å²) in [6, 6.07) is 13.1. The number of rotatable bonds is 5. The Kier molecular flexibility index (Phi) is 5.58. The van der Waals surface area contributed by atoms with Crippen molar-refractivity contribution in [1.82, 2.24) is 0 Å². The quantitative estimate of drug-likeness (QED) is 0.334. The minimum Gasteiger partial charge on any atom is -0.497 e. The molecule has 4 heteroatoms. The molecule has 0 fully saturated rings. The SMILES string of the molecule is COc1ccc(OC(=O)C2=CCC(C3(C)CC(C)(C)c4ccc(C(C)=O)cc43)C=C2)cc1. The van der Waals surface area contributed by atoms with Crippen LogP contribution in [0.2, 0.25) is 0 Å². The van der Waals surface area contributed by atoms with E-state index >= 15 is 0 Å². The number of fused-ring (bicyclic) bond motifs is 1. The molecule has 0 aliphatic heterocycles. The van der Waals surface area contributed by atoms with E-state index in [4.69, 9.17) is 9.47 Å². The molecular weight excluding hydrogens is 400 g/mol. The van der Waals surface area contributed by atoms with Crippen LogP contribution in [0.3, 0.4) is 0 Å². The monoisotopic (exact) mass is 430 g/mol. The predicted octanol–water partition coefficient (Wildman–Crippen LogP) is 5.94. The fourth-order valence-electron chi connectivity index (χ4n) is 5.32. The number of hydrogen-bond acceptors (Lipinski definition) is 4. The molecule has 0 saturated heterocycles. The highest BCUT2D eigenvalue weighted by molar-refractivity contribution is 5.94. The Bertz CT molecular complexity index is 1120. The first-order chi connectivity index (χ1) is 15.1. The Balaban J connectivity index is 1.54. The van der Waals surface area contributed by atoms with Crippen LogP contribution < -0.4 is 9.47 Å². The van der Waals surface area contributed by atoms with Crippen molar-refractivity contribution in [3.63, 3.8) is 0 Å². The summed E-state index contributed by atoms with van der Waals surface area (Å²) in [6.07, 6.45) is 7.73. The van der Waals surface area contributed by atoms with Crippen LogP contribution in [0.1, 0.15) is 62.0 Å². The molecule has 0 spiro atoms. The molecule has 4 nitrogen and oxygen atoms in total. The van der Waals surface area contributed by atoms with Gasteiger partial charge in [0.05, 0.1) is 12.7 Å². The number of ether oxygens (including phenoxy) is 2. The zero-order chi connectivity index (χ0) is 23.1. The molecule has 166 valence electrons. The van der Waals surface area contributed by atoms with Crippen molar-refractivity contribution >= 4 is 11.8 Å². The molecule has 2 atom stereocenters. The van der Waals surface area contributed by atoms with Crippen molar-refractivity contribution in [2.75, 3.05) is 7.11 Å². The van der Waals surface area contributed by atoms with E-state index in [1.807, 2.05) is 18.2 Å². The molecule has 32 heavy (non-hydrogen) atoms. The highest BCUT2D eigenvalue weighted by atomic mass is 16.5. The average molecular weight is 431 g/mol. The van der Waals surface area contributed by atoms with Crippen molar-refractivity contribution in [3.8, 4) is 11.5 Å². The standard InChI is InChI=1S/C28H30O4/c1-18(29)20-8-15-24-25(16-20)28(4,17-27(24,2)3)21-9-6-19(7-10-21)26(30)32-23-13-11-22(31-5)12-14-23/h6-9,11-16,21H,10,17H2,1-5H3. The minimum atomic E-state index is -0.360. The Labute approximate surface area is 189 Å². The second-order valence-electron chi connectivity index (χ2n) is 9.72. The third-order valence-corrected chi connectivity index (χ3v) is 7.00. The van der Waals surface area contributed by atoms with Gasteiger partial charge in [0, 0.05) is 11.0 Å². The van der Waals surface area contributed by atoms with Gasteiger partial charge in [-0.1, -0.05) is 51.1 Å². The minimum absolute atomic E-state index is 0.0323. The molecule has 0 radical (unpaired) electrons. The van der Waals surface area contributed by atoms with Crippen molar-refractivity contribution in [1.29, 1.82) is 0 Å². The molecule has 0 saturated carbocycles. The first-order valence-corrected chi connectivity index (χ1v) is 11.0. The summed E-state index contributed by atoms with van der Waals surface area (Å²) in [5.41, 5.74) is 3.81. The van der Waals surface area contributed by atoms with Gasteiger partial charge in [0.2, 0.25) is 0 Å². The fraction of sp³-hybridized carbons (Fsp3) is 0.357. The Morgan fingerprint density at radius 2 is 1.66 bits per heavy atom. The summed E-state index contributed by atoms with van der Waals surface area (Å²) in [7, 11) is 1.60. The topological polar surface area (TPSA) is 52.6 Å². The predicted molar refractivity (Wildman–Crippen MR) is 125 cm³/mol. The van der Waals surface area contributed by atoms with Crippen LogP contribution in [-0.2, 0) is 15.6 Å². The lowest BCUT2D eigenvalue weighted by atomic mass is 9.68. The summed E-state index contributed by atoms with van der Waals surface area (Å²) < 4.78 is 10.7. The van der Waals surface area contributed by atoms with Crippen molar-refractivity contribution in [2.24, 2.45) is 5.92 Å². The van der Waals surface area contributed by atoms with E-state index in [2.05, 4.69) is 39.0 Å². The first kappa shape index (κ1) is 22.1. The van der Waals surface area contributed by atoms with Crippen LogP contribution in [0.25, 0.3) is 0 Å². The van der Waals surface area contributed by atoms with Crippen LogP contribution in [0.4, 0.5) is 0 Å². The lowest BCUT2D eigenvalue weighted by Gasteiger charge is -2.36. The van der Waals surface area contributed by atoms with Crippen LogP contribution in [0.15, 0.2) is 66.3 Å². The van der Waals surface area contributed by atoms with Gasteiger partial charge in [0.15, 0.2) is 5.78 Å². The molecular formula is C28H30O4. The van der Waals surface area contributed by atoms with Crippen molar-refractivity contribution < 1.29 is 19.1 Å². The molecule has 2 aromatic carbocycles. The molecule has 0 N–H and O–H groups in total. The summed E-state index contributed by atoms with van der Waals surface area (Å²) in [6.45, 7) is 8.44. The van der Waals surface area contributed by atoms with Crippen LogP contribution in [0.5, 0.6) is 11.5 Å². The largest absolute Gasteiger partial charge is 0.497 e. The maximum atomic E-state index is 12.6. The zero-order valence-electron chi connectivity index (χ0n) is 19.4. The maximum Gasteiger partial charge on any atom is 0.343 e. The van der Waals surface area contributed by atoms with E-state index < -0.39 is 0 Å². The number of hydrogen-bond donors (Lipinski definition) is 0. The third kappa shape index (κ3) is 3.90. The average Bonchev–Trinajstić information content (AvgIpc) is 3.00. The number of allylic oxidation sites excluding steroid dienone is 2. The lowest BCUT2D eigenvalue weighted by Crippen LogP contribution is -2.31. The van der Waals surface area contributed by atoms with Gasteiger partial charge in [-0.05, 0) is 72.6 Å². The number of carbonyl (C=O) groups excluding carboxylic acids is 2. The molecule has 2 aliphatic rings. The molecule has 2 unspecified atom stereocenters. The first-order valence-electron chi connectivity index (χ1n) is 11.0. The van der Waals surface area contributed by atoms with Gasteiger partial charge >= 0.3 is 5.97 Å². The third-order valence-electron chi connectivity index (χ3n) is 7.00. The van der Waals surface area contributed by atoms with E-state index in [0.29, 0.717) is 17.1 Å². The number of esters is 1. The van der Waals surface area contributed by atoms with Gasteiger partial charge in [0.25, 0.3) is 0 Å². The molecule has 2 aliphatic carbocycles. The van der Waals surface area contributed by atoms with Crippen molar-refractivity contribution in [3.05, 3.63) is 83.0 Å². The van der Waals surface area contributed by atoms with Gasteiger partial charge in [-0.2, -0.15) is 0 Å². The Morgan fingerprint density at radius 3 is 2.25 bits per heavy atom. The second kappa shape index (κ2) is 8.09. The van der Waals surface area contributed by atoms with Crippen LogP contribution in [0, 0.1) is 5.92 Å². The summed E-state index contributed by atoms with van der Waals surface area (Å²) in [5, 5.41) is 0. The maximum absolute atomic E-state index is 12.6. The van der Waals surface area contributed by atoms with Gasteiger partial charge in [-0.15, -0.1) is 0 Å². The van der Waals surface area contributed by atoms with E-state index in [0.717, 1.165) is 18.4 Å². The van der Waals surface area contributed by atoms with Gasteiger partial charge in [0.1, 0.15) is 11.5 Å². The molecule has 0 bridgehead atoms. The van der Waals surface area contributed by atoms with E-state index in [-0.39, 0.29) is 28.5 Å². The Morgan fingerprint density at radius 1 is 0.969 bits per heavy atom. The molecule has 2 aromatic rings. The van der Waals surface area contributed by atoms with Crippen LogP contribution in [-0.4, -0.2) is 18.9 Å². The number of carbonyl (C=O) groups is 2. The van der Waals surface area contributed by atoms with Gasteiger partial charge in [-0.3, -0.25) is 4.79 Å². The van der Waals surface area contributed by atoms with Crippen LogP contribution >= 0.6 is 0 Å². The summed E-state index contributed by atoms with van der Waals surface area (Å²) in [5.74, 6) is 1.17. The molecule has 0 heterocycles. The van der Waals surface area contributed by atoms with Crippen molar-refractivity contribution in [2.45, 2.75) is 51.4 Å². The number of benzene rings is 2. The van der Waals surface area contributed by atoms with Gasteiger partial charge < -0.3 is 9.47 Å². The zero-order valence-corrected chi connectivity index (χ0v) is 19.4. The second-order valence-corrected chi connectivity index (χ2v) is 9.72. The highest BCUT2D eigenvalue weighted by Gasteiger charge is 2.48.